The molecule has 7 heteroatoms. The highest BCUT2D eigenvalue weighted by molar-refractivity contribution is 7.92. The number of nitrogens with one attached hydrogen (secondary N) is 1. The van der Waals surface area contributed by atoms with Gasteiger partial charge in [-0.15, -0.1) is 0 Å². The van der Waals surface area contributed by atoms with Crippen LogP contribution in [0.15, 0.2) is 78.9 Å². The lowest BCUT2D eigenvalue weighted by atomic mass is 9.99. The summed E-state index contributed by atoms with van der Waals surface area (Å²) in [6.45, 7) is 5.10. The van der Waals surface area contributed by atoms with E-state index in [0.29, 0.717) is 35.2 Å². The monoisotopic (exact) mass is 508 g/mol. The molecule has 0 fully saturated rings. The number of unbranched alkanes of at least 4 members (excludes halogenated alkanes) is 1. The second-order valence-electron chi connectivity index (χ2n) is 8.98. The van der Waals surface area contributed by atoms with Crippen molar-refractivity contribution in [2.45, 2.75) is 46.1 Å². The molecule has 0 bridgehead atoms. The van der Waals surface area contributed by atoms with Gasteiger partial charge in [0.25, 0.3) is 5.91 Å². The Bertz CT molecular complexity index is 1210. The van der Waals surface area contributed by atoms with Crippen molar-refractivity contribution >= 4 is 21.6 Å². The molecule has 3 aromatic carbocycles. The van der Waals surface area contributed by atoms with E-state index in [1.165, 1.54) is 17.0 Å². The maximum absolute atomic E-state index is 12.8. The number of nitrogens with zero attached hydrogens (tertiary/aromatic N) is 1. The second kappa shape index (κ2) is 13.1. The van der Waals surface area contributed by atoms with Gasteiger partial charge in [0.1, 0.15) is 5.75 Å². The zero-order valence-electron chi connectivity index (χ0n) is 21.3. The minimum absolute atomic E-state index is 0.113. The van der Waals surface area contributed by atoms with Gasteiger partial charge in [0.05, 0.1) is 18.5 Å². The van der Waals surface area contributed by atoms with Crippen LogP contribution in [0.25, 0.3) is 0 Å². The largest absolute Gasteiger partial charge is 0.455 e. The normalized spacial score (nSPS) is 12.1. The van der Waals surface area contributed by atoms with Crippen LogP contribution in [0.3, 0.4) is 0 Å². The summed E-state index contributed by atoms with van der Waals surface area (Å²) in [6, 6.07) is 23.4. The van der Waals surface area contributed by atoms with Crippen molar-refractivity contribution in [3.05, 3.63) is 90.0 Å². The summed E-state index contributed by atoms with van der Waals surface area (Å²) >= 11 is 0. The third-order valence-corrected chi connectivity index (χ3v) is 7.27. The zero-order chi connectivity index (χ0) is 26.0. The molecule has 0 saturated carbocycles. The fraction of sp³-hybridized carbons (Fsp3) is 0.345. The lowest BCUT2D eigenvalue weighted by Gasteiger charge is -2.25. The zero-order valence-corrected chi connectivity index (χ0v) is 22.1. The van der Waals surface area contributed by atoms with Gasteiger partial charge in [0, 0.05) is 12.1 Å². The Morgan fingerprint density at radius 2 is 1.61 bits per heavy atom. The number of sulfonamides is 1. The summed E-state index contributed by atoms with van der Waals surface area (Å²) in [6.07, 6.45) is 5.65. The first kappa shape index (κ1) is 27.3. The van der Waals surface area contributed by atoms with Crippen molar-refractivity contribution in [2.75, 3.05) is 17.1 Å². The maximum atomic E-state index is 12.8. The van der Waals surface area contributed by atoms with Crippen molar-refractivity contribution < 1.29 is 17.9 Å². The molecule has 1 atom stereocenters. The molecular formula is C29H36N2O4S. The summed E-state index contributed by atoms with van der Waals surface area (Å²) in [4.78, 5) is 12.6. The molecule has 1 amide bonds. The number of amides is 1. The standard InChI is InChI=1S/C29H36N2O4S/c1-4-6-12-23(5-2)21-30-29(32)25-19-17-24(18-20-25)22-31(36(3,33)34)27-15-10-11-16-28(27)35-26-13-8-7-9-14-26/h7-11,13-20,23H,4-6,12,21-22H2,1-3H3,(H,30,32)/t23-/m0/s1. The Morgan fingerprint density at radius 3 is 2.25 bits per heavy atom. The van der Waals surface area contributed by atoms with Crippen LogP contribution >= 0.6 is 0 Å². The average Bonchev–Trinajstić information content (AvgIpc) is 2.88. The number of rotatable bonds is 13. The number of ether oxygens (including phenoxy) is 1. The number of hydrogen-bond acceptors (Lipinski definition) is 4. The minimum atomic E-state index is -3.61. The summed E-state index contributed by atoms with van der Waals surface area (Å²) in [5, 5.41) is 3.04. The van der Waals surface area contributed by atoms with E-state index in [1.54, 1.807) is 48.5 Å². The first-order chi connectivity index (χ1) is 17.3. The van der Waals surface area contributed by atoms with E-state index in [4.69, 9.17) is 4.74 Å². The van der Waals surface area contributed by atoms with Crippen molar-refractivity contribution in [1.29, 1.82) is 0 Å². The molecule has 0 aliphatic heterocycles. The van der Waals surface area contributed by atoms with Gasteiger partial charge in [0.15, 0.2) is 5.75 Å². The fourth-order valence-corrected chi connectivity index (χ4v) is 4.85. The number of hydrogen-bond donors (Lipinski definition) is 1. The molecule has 0 unspecified atom stereocenters. The number of anilines is 1. The Hall–Kier alpha value is -3.32. The summed E-state index contributed by atoms with van der Waals surface area (Å²) in [5.41, 5.74) is 1.77. The van der Waals surface area contributed by atoms with Crippen LogP contribution in [0.5, 0.6) is 11.5 Å². The highest BCUT2D eigenvalue weighted by Gasteiger charge is 2.22. The average molecular weight is 509 g/mol. The van der Waals surface area contributed by atoms with Gasteiger partial charge in [0.2, 0.25) is 10.0 Å². The summed E-state index contributed by atoms with van der Waals surface area (Å²) in [5.74, 6) is 1.43. The number of para-hydroxylation sites is 3. The van der Waals surface area contributed by atoms with E-state index in [-0.39, 0.29) is 12.5 Å². The van der Waals surface area contributed by atoms with Crippen molar-refractivity contribution in [3.63, 3.8) is 0 Å². The van der Waals surface area contributed by atoms with Crippen LogP contribution in [0.2, 0.25) is 0 Å². The summed E-state index contributed by atoms with van der Waals surface area (Å²) < 4.78 is 32.9. The molecule has 0 spiro atoms. The number of carbonyl (C=O) groups is 1. The van der Waals surface area contributed by atoms with E-state index >= 15 is 0 Å². The SMILES string of the molecule is CCCC[C@H](CC)CNC(=O)c1ccc(CN(c2ccccc2Oc2ccccc2)S(C)(=O)=O)cc1. The molecule has 3 rings (SSSR count). The molecular weight excluding hydrogens is 472 g/mol. The molecule has 1 N–H and O–H groups in total. The fourth-order valence-electron chi connectivity index (χ4n) is 3.96. The quantitative estimate of drug-likeness (QED) is 0.290. The molecule has 0 saturated heterocycles. The molecule has 0 heterocycles. The highest BCUT2D eigenvalue weighted by Crippen LogP contribution is 2.34. The molecule has 0 aliphatic carbocycles. The van der Waals surface area contributed by atoms with Gasteiger partial charge in [-0.25, -0.2) is 8.42 Å². The topological polar surface area (TPSA) is 75.7 Å². The number of benzene rings is 3. The van der Waals surface area contributed by atoms with E-state index in [9.17, 15) is 13.2 Å². The Morgan fingerprint density at radius 1 is 0.944 bits per heavy atom. The summed E-state index contributed by atoms with van der Waals surface area (Å²) in [7, 11) is -3.61. The van der Waals surface area contributed by atoms with Gasteiger partial charge in [-0.05, 0) is 54.3 Å². The van der Waals surface area contributed by atoms with Gasteiger partial charge in [-0.2, -0.15) is 0 Å². The predicted octanol–water partition coefficient (Wildman–Crippen LogP) is 6.39. The van der Waals surface area contributed by atoms with E-state index in [0.717, 1.165) is 24.8 Å². The van der Waals surface area contributed by atoms with E-state index in [1.807, 2.05) is 30.3 Å². The maximum Gasteiger partial charge on any atom is 0.251 e. The molecule has 3 aromatic rings. The lowest BCUT2D eigenvalue weighted by Crippen LogP contribution is -2.30. The molecule has 0 aliphatic rings. The van der Waals surface area contributed by atoms with Crippen LogP contribution in [0.4, 0.5) is 5.69 Å². The van der Waals surface area contributed by atoms with Crippen LogP contribution in [0, 0.1) is 5.92 Å². The van der Waals surface area contributed by atoms with Gasteiger partial charge >= 0.3 is 0 Å². The third-order valence-electron chi connectivity index (χ3n) is 6.14. The van der Waals surface area contributed by atoms with Crippen LogP contribution in [0.1, 0.15) is 55.5 Å². The predicted molar refractivity (Wildman–Crippen MR) is 146 cm³/mol. The highest BCUT2D eigenvalue weighted by atomic mass is 32.2. The Kier molecular flexibility index (Phi) is 9.94. The van der Waals surface area contributed by atoms with Gasteiger partial charge < -0.3 is 10.1 Å². The first-order valence-corrected chi connectivity index (χ1v) is 14.3. The van der Waals surface area contributed by atoms with Crippen molar-refractivity contribution in [3.8, 4) is 11.5 Å². The smallest absolute Gasteiger partial charge is 0.251 e. The van der Waals surface area contributed by atoms with Crippen LogP contribution < -0.4 is 14.4 Å². The molecule has 192 valence electrons. The van der Waals surface area contributed by atoms with Gasteiger partial charge in [-0.1, -0.05) is 75.6 Å². The van der Waals surface area contributed by atoms with Crippen molar-refractivity contribution in [1.82, 2.24) is 5.32 Å². The van der Waals surface area contributed by atoms with Gasteiger partial charge in [-0.3, -0.25) is 9.10 Å². The Labute approximate surface area is 215 Å². The number of carbonyl (C=O) groups excluding carboxylic acids is 1. The molecule has 36 heavy (non-hydrogen) atoms. The van der Waals surface area contributed by atoms with Crippen LogP contribution in [-0.2, 0) is 16.6 Å². The molecule has 0 aromatic heterocycles. The Balaban J connectivity index is 1.74. The van der Waals surface area contributed by atoms with Crippen LogP contribution in [-0.4, -0.2) is 27.1 Å². The van der Waals surface area contributed by atoms with E-state index < -0.39 is 10.0 Å². The minimum Gasteiger partial charge on any atom is -0.455 e. The first-order valence-electron chi connectivity index (χ1n) is 12.5. The van der Waals surface area contributed by atoms with E-state index in [2.05, 4.69) is 19.2 Å². The molecule has 0 radical (unpaired) electrons. The lowest BCUT2D eigenvalue weighted by molar-refractivity contribution is 0.0946. The van der Waals surface area contributed by atoms with Crippen molar-refractivity contribution in [2.24, 2.45) is 5.92 Å². The molecule has 6 nitrogen and oxygen atoms in total. The second-order valence-corrected chi connectivity index (χ2v) is 10.9. The third kappa shape index (κ3) is 7.85.